The van der Waals surface area contributed by atoms with Gasteiger partial charge in [-0.3, -0.25) is 4.57 Å². The summed E-state index contributed by atoms with van der Waals surface area (Å²) in [5, 5.41) is 29.3. The molecule has 3 heterocycles. The quantitative estimate of drug-likeness (QED) is 0.487. The molecule has 0 aliphatic carbocycles. The van der Waals surface area contributed by atoms with E-state index in [2.05, 4.69) is 21.9 Å². The molecule has 138 valence electrons. The van der Waals surface area contributed by atoms with Crippen LogP contribution in [0.4, 0.5) is 5.82 Å². The topological polar surface area (TPSA) is 149 Å². The molecule has 3 rings (SSSR count). The number of nitrogens with two attached hydrogens (primary N) is 1. The van der Waals surface area contributed by atoms with E-state index in [1.54, 1.807) is 0 Å². The van der Waals surface area contributed by atoms with Crippen LogP contribution in [0.5, 0.6) is 6.01 Å². The number of rotatable bonds is 7. The Balaban J connectivity index is 1.88. The number of anilines is 1. The SMILES string of the molecule is CCCCCOc1nc(N)c2ncn([C@@H]3O[C@H](CO)C(O)C3O)c2n1. The minimum absolute atomic E-state index is 0.120. The van der Waals surface area contributed by atoms with Gasteiger partial charge in [0.15, 0.2) is 23.2 Å². The molecule has 0 amide bonds. The lowest BCUT2D eigenvalue weighted by atomic mass is 10.1. The summed E-state index contributed by atoms with van der Waals surface area (Å²) >= 11 is 0. The number of imidazole rings is 1. The van der Waals surface area contributed by atoms with E-state index in [1.165, 1.54) is 10.9 Å². The van der Waals surface area contributed by atoms with Gasteiger partial charge >= 0.3 is 6.01 Å². The van der Waals surface area contributed by atoms with Crippen LogP contribution in [0.25, 0.3) is 11.2 Å². The molecule has 2 aromatic heterocycles. The molecule has 25 heavy (non-hydrogen) atoms. The van der Waals surface area contributed by atoms with Crippen LogP contribution in [0.1, 0.15) is 32.4 Å². The van der Waals surface area contributed by atoms with Gasteiger partial charge in [-0.05, 0) is 6.42 Å². The van der Waals surface area contributed by atoms with Crippen LogP contribution in [-0.4, -0.2) is 66.4 Å². The zero-order valence-corrected chi connectivity index (χ0v) is 13.9. The zero-order valence-electron chi connectivity index (χ0n) is 13.9. The van der Waals surface area contributed by atoms with E-state index in [4.69, 9.17) is 15.2 Å². The van der Waals surface area contributed by atoms with Crippen molar-refractivity contribution >= 4 is 17.0 Å². The monoisotopic (exact) mass is 353 g/mol. The van der Waals surface area contributed by atoms with Crippen LogP contribution in [0, 0.1) is 0 Å². The van der Waals surface area contributed by atoms with E-state index in [-0.39, 0.29) is 11.8 Å². The van der Waals surface area contributed by atoms with E-state index in [1.807, 2.05) is 0 Å². The average Bonchev–Trinajstić information content (AvgIpc) is 3.14. The number of nitrogen functional groups attached to an aromatic ring is 1. The molecule has 0 saturated carbocycles. The molecule has 2 unspecified atom stereocenters. The van der Waals surface area contributed by atoms with Crippen LogP contribution in [-0.2, 0) is 4.74 Å². The van der Waals surface area contributed by atoms with Crippen LogP contribution in [0.2, 0.25) is 0 Å². The standard InChI is InChI=1S/C15H23N5O5/c1-2-3-4-5-24-15-18-12(16)9-13(19-15)20(7-17-9)14-11(23)10(22)8(6-21)25-14/h7-8,10-11,14,21-23H,2-6H2,1H3,(H2,16,18,19)/t8-,10?,11?,14-/m1/s1. The number of hydrogen-bond donors (Lipinski definition) is 4. The molecule has 1 aliphatic heterocycles. The lowest BCUT2D eigenvalue weighted by Gasteiger charge is -2.16. The number of aliphatic hydroxyl groups excluding tert-OH is 3. The lowest BCUT2D eigenvalue weighted by molar-refractivity contribution is -0.0511. The van der Waals surface area contributed by atoms with E-state index in [0.717, 1.165) is 19.3 Å². The molecule has 1 aliphatic rings. The zero-order chi connectivity index (χ0) is 18.0. The maximum Gasteiger partial charge on any atom is 0.320 e. The van der Waals surface area contributed by atoms with Crippen molar-refractivity contribution < 1.29 is 24.8 Å². The fourth-order valence-electron chi connectivity index (χ4n) is 2.79. The largest absolute Gasteiger partial charge is 0.463 e. The van der Waals surface area contributed by atoms with Crippen LogP contribution in [0.15, 0.2) is 6.33 Å². The van der Waals surface area contributed by atoms with Crippen molar-refractivity contribution in [3.8, 4) is 6.01 Å². The van der Waals surface area contributed by atoms with Crippen LogP contribution < -0.4 is 10.5 Å². The number of fused-ring (bicyclic) bond motifs is 1. The number of aliphatic hydroxyl groups is 3. The molecule has 10 nitrogen and oxygen atoms in total. The van der Waals surface area contributed by atoms with E-state index in [9.17, 15) is 15.3 Å². The lowest BCUT2D eigenvalue weighted by Crippen LogP contribution is -2.33. The number of ether oxygens (including phenoxy) is 2. The van der Waals surface area contributed by atoms with Crippen molar-refractivity contribution in [1.82, 2.24) is 19.5 Å². The van der Waals surface area contributed by atoms with Crippen molar-refractivity contribution in [2.45, 2.75) is 50.7 Å². The third-order valence-corrected chi connectivity index (χ3v) is 4.20. The highest BCUT2D eigenvalue weighted by Gasteiger charge is 2.44. The first-order chi connectivity index (χ1) is 12.1. The van der Waals surface area contributed by atoms with Crippen molar-refractivity contribution in [1.29, 1.82) is 0 Å². The molecule has 1 saturated heterocycles. The van der Waals surface area contributed by atoms with Crippen molar-refractivity contribution in [3.05, 3.63) is 6.33 Å². The second-order valence-electron chi connectivity index (χ2n) is 6.00. The summed E-state index contributed by atoms with van der Waals surface area (Å²) in [7, 11) is 0. The summed E-state index contributed by atoms with van der Waals surface area (Å²) in [6, 6.07) is 0.120. The van der Waals surface area contributed by atoms with Crippen LogP contribution in [0.3, 0.4) is 0 Å². The molecule has 4 atom stereocenters. The molecule has 0 radical (unpaired) electrons. The Bertz CT molecular complexity index is 724. The second-order valence-corrected chi connectivity index (χ2v) is 6.00. The first kappa shape index (κ1) is 17.8. The highest BCUT2D eigenvalue weighted by molar-refractivity contribution is 5.82. The van der Waals surface area contributed by atoms with Crippen molar-refractivity contribution in [3.63, 3.8) is 0 Å². The van der Waals surface area contributed by atoms with E-state index in [0.29, 0.717) is 17.8 Å². The normalized spacial score (nSPS) is 26.4. The van der Waals surface area contributed by atoms with Gasteiger partial charge < -0.3 is 30.5 Å². The molecule has 0 bridgehead atoms. The molecule has 2 aromatic rings. The van der Waals surface area contributed by atoms with Gasteiger partial charge in [0.05, 0.1) is 19.5 Å². The smallest absolute Gasteiger partial charge is 0.320 e. The molecule has 5 N–H and O–H groups in total. The highest BCUT2D eigenvalue weighted by atomic mass is 16.6. The molecule has 10 heteroatoms. The first-order valence-electron chi connectivity index (χ1n) is 8.32. The van der Waals surface area contributed by atoms with Gasteiger partial charge in [0.2, 0.25) is 0 Å². The summed E-state index contributed by atoms with van der Waals surface area (Å²) in [4.78, 5) is 12.5. The fraction of sp³-hybridized carbons (Fsp3) is 0.667. The van der Waals surface area contributed by atoms with Gasteiger partial charge in [-0.15, -0.1) is 0 Å². The van der Waals surface area contributed by atoms with E-state index < -0.39 is 31.1 Å². The third-order valence-electron chi connectivity index (χ3n) is 4.20. The number of aromatic nitrogens is 4. The summed E-state index contributed by atoms with van der Waals surface area (Å²) in [5.74, 6) is 0.154. The van der Waals surface area contributed by atoms with E-state index >= 15 is 0 Å². The number of nitrogens with zero attached hydrogens (tertiary/aromatic N) is 4. The summed E-state index contributed by atoms with van der Waals surface area (Å²) in [6.07, 6.45) is 0.113. The minimum Gasteiger partial charge on any atom is -0.463 e. The van der Waals surface area contributed by atoms with Crippen molar-refractivity contribution in [2.75, 3.05) is 18.9 Å². The maximum atomic E-state index is 10.2. The molecule has 0 aromatic carbocycles. The van der Waals surface area contributed by atoms with Gasteiger partial charge in [0.1, 0.15) is 18.3 Å². The fourth-order valence-corrected chi connectivity index (χ4v) is 2.79. The van der Waals surface area contributed by atoms with Crippen molar-refractivity contribution in [2.24, 2.45) is 0 Å². The minimum atomic E-state index is -1.24. The predicted octanol–water partition coefficient (Wildman–Crippen LogP) is -0.411. The van der Waals surface area contributed by atoms with Gasteiger partial charge in [-0.1, -0.05) is 19.8 Å². The van der Waals surface area contributed by atoms with Gasteiger partial charge in [-0.25, -0.2) is 4.98 Å². The Morgan fingerprint density at radius 2 is 2.08 bits per heavy atom. The molecule has 0 spiro atoms. The Kier molecular flexibility index (Phi) is 5.33. The van der Waals surface area contributed by atoms with Gasteiger partial charge in [-0.2, -0.15) is 9.97 Å². The Morgan fingerprint density at radius 1 is 1.28 bits per heavy atom. The Labute approximate surface area is 144 Å². The van der Waals surface area contributed by atoms with Gasteiger partial charge in [0.25, 0.3) is 0 Å². The number of unbranched alkanes of at least 4 members (excludes halogenated alkanes) is 2. The summed E-state index contributed by atoms with van der Waals surface area (Å²) in [5.41, 5.74) is 6.59. The maximum absolute atomic E-state index is 10.2. The third kappa shape index (κ3) is 3.38. The average molecular weight is 353 g/mol. The first-order valence-corrected chi connectivity index (χ1v) is 8.32. The number of hydrogen-bond acceptors (Lipinski definition) is 9. The predicted molar refractivity (Wildman–Crippen MR) is 87.8 cm³/mol. The van der Waals surface area contributed by atoms with Crippen LogP contribution >= 0.6 is 0 Å². The Morgan fingerprint density at radius 3 is 2.76 bits per heavy atom. The molecular weight excluding hydrogens is 330 g/mol. The summed E-state index contributed by atoms with van der Waals surface area (Å²) < 4.78 is 12.5. The summed E-state index contributed by atoms with van der Waals surface area (Å²) in [6.45, 7) is 2.16. The van der Waals surface area contributed by atoms with Gasteiger partial charge in [0, 0.05) is 0 Å². The second kappa shape index (κ2) is 7.48. The molecule has 1 fully saturated rings. The Hall–Kier alpha value is -2.01. The highest BCUT2D eigenvalue weighted by Crippen LogP contribution is 2.32. The molecular formula is C15H23N5O5.